The van der Waals surface area contributed by atoms with Crippen molar-refractivity contribution < 1.29 is 17.1 Å². The summed E-state index contributed by atoms with van der Waals surface area (Å²) in [5.74, 6) is 0. The van der Waals surface area contributed by atoms with Gasteiger partial charge in [0.1, 0.15) is 0 Å². The first-order valence-electron chi connectivity index (χ1n) is 3.45. The number of allylic oxidation sites excluding steroid dienone is 1. The van der Waals surface area contributed by atoms with Crippen LogP contribution in [-0.2, 0) is 17.1 Å². The van der Waals surface area contributed by atoms with Crippen molar-refractivity contribution in [3.63, 3.8) is 0 Å². The third-order valence-electron chi connectivity index (χ3n) is 1.22. The van der Waals surface area contributed by atoms with Gasteiger partial charge in [0.25, 0.3) is 0 Å². The van der Waals surface area contributed by atoms with E-state index in [0.717, 1.165) is 6.42 Å². The second-order valence-electron chi connectivity index (χ2n) is 2.09. The summed E-state index contributed by atoms with van der Waals surface area (Å²) in [6.45, 7) is 7.40. The van der Waals surface area contributed by atoms with E-state index in [4.69, 9.17) is 6.58 Å². The van der Waals surface area contributed by atoms with Crippen LogP contribution in [0.2, 0.25) is 0 Å². The largest absolute Gasteiger partial charge is 1.00 e. The van der Waals surface area contributed by atoms with E-state index in [1.54, 1.807) is 6.08 Å². The van der Waals surface area contributed by atoms with E-state index >= 15 is 0 Å². The van der Waals surface area contributed by atoms with Crippen molar-refractivity contribution in [2.45, 2.75) is 39.0 Å². The van der Waals surface area contributed by atoms with Gasteiger partial charge < -0.3 is 6.58 Å². The Hall–Kier alpha value is 0.259. The minimum Gasteiger partial charge on any atom is -0.518 e. The number of rotatable bonds is 5. The molecule has 0 aliphatic heterocycles. The van der Waals surface area contributed by atoms with E-state index in [1.165, 1.54) is 25.7 Å². The molecule has 0 N–H and O–H groups in total. The molecule has 58 valence electrons. The normalized spacial score (nSPS) is 8.11. The summed E-state index contributed by atoms with van der Waals surface area (Å²) in [4.78, 5) is 0. The van der Waals surface area contributed by atoms with E-state index < -0.39 is 0 Å². The average Bonchev–Trinajstić information content (AvgIpc) is 1.81. The molecular weight excluding hydrogens is 160 g/mol. The standard InChI is InChI=1S/C8H15.Cu/c1-3-5-7-8-6-4-2;/h1,3H,4-8H2,2H3;/q-1;+1. The van der Waals surface area contributed by atoms with Crippen molar-refractivity contribution in [1.29, 1.82) is 0 Å². The maximum atomic E-state index is 5.19. The van der Waals surface area contributed by atoms with Crippen molar-refractivity contribution in [2.24, 2.45) is 0 Å². The zero-order valence-corrected chi connectivity index (χ0v) is 6.93. The Kier molecular flexibility index (Phi) is 14.8. The monoisotopic (exact) mass is 174 g/mol. The summed E-state index contributed by atoms with van der Waals surface area (Å²) < 4.78 is 0. The Bertz CT molecular complexity index is 50.5. The molecule has 0 aliphatic carbocycles. The summed E-state index contributed by atoms with van der Waals surface area (Å²) in [5, 5.41) is 0. The molecule has 9 heavy (non-hydrogen) atoms. The SMILES string of the molecule is [CH-]=CCCCCCC.[Cu+]. The van der Waals surface area contributed by atoms with Crippen LogP contribution in [0.5, 0.6) is 0 Å². The zero-order chi connectivity index (χ0) is 6.24. The van der Waals surface area contributed by atoms with Crippen molar-refractivity contribution in [3.8, 4) is 0 Å². The molecule has 0 aromatic heterocycles. The van der Waals surface area contributed by atoms with Crippen LogP contribution in [0.25, 0.3) is 0 Å². The second kappa shape index (κ2) is 11.1. The zero-order valence-electron chi connectivity index (χ0n) is 5.99. The molecule has 0 unspecified atom stereocenters. The first-order valence-corrected chi connectivity index (χ1v) is 3.45. The molecule has 0 heterocycles. The van der Waals surface area contributed by atoms with Crippen LogP contribution >= 0.6 is 0 Å². The predicted molar refractivity (Wildman–Crippen MR) is 37.6 cm³/mol. The molecule has 0 amide bonds. The fourth-order valence-corrected chi connectivity index (χ4v) is 0.689. The third kappa shape index (κ3) is 11.7. The molecule has 0 bridgehead atoms. The van der Waals surface area contributed by atoms with E-state index in [2.05, 4.69) is 6.92 Å². The Morgan fingerprint density at radius 1 is 1.22 bits per heavy atom. The summed E-state index contributed by atoms with van der Waals surface area (Å²) >= 11 is 0. The molecule has 0 aromatic rings. The molecule has 0 rings (SSSR count). The van der Waals surface area contributed by atoms with Crippen LogP contribution in [0, 0.1) is 6.58 Å². The fraction of sp³-hybridized carbons (Fsp3) is 0.750. The van der Waals surface area contributed by atoms with Crippen molar-refractivity contribution >= 4 is 0 Å². The maximum absolute atomic E-state index is 5.19. The van der Waals surface area contributed by atoms with Crippen molar-refractivity contribution in [2.75, 3.05) is 0 Å². The molecule has 0 fully saturated rings. The van der Waals surface area contributed by atoms with E-state index in [9.17, 15) is 0 Å². The molecule has 0 aromatic carbocycles. The number of hydrogen-bond donors (Lipinski definition) is 0. The van der Waals surface area contributed by atoms with Gasteiger partial charge in [-0.1, -0.05) is 39.0 Å². The van der Waals surface area contributed by atoms with Crippen LogP contribution in [0.3, 0.4) is 0 Å². The van der Waals surface area contributed by atoms with Crippen LogP contribution in [-0.4, -0.2) is 0 Å². The number of hydrogen-bond acceptors (Lipinski definition) is 0. The Labute approximate surface area is 69.2 Å². The van der Waals surface area contributed by atoms with Crippen LogP contribution in [0.4, 0.5) is 0 Å². The van der Waals surface area contributed by atoms with Crippen LogP contribution < -0.4 is 0 Å². The number of unbranched alkanes of at least 4 members (excludes halogenated alkanes) is 4. The van der Waals surface area contributed by atoms with Gasteiger partial charge in [0.15, 0.2) is 0 Å². The van der Waals surface area contributed by atoms with Gasteiger partial charge in [0.05, 0.1) is 0 Å². The molecule has 0 nitrogen and oxygen atoms in total. The summed E-state index contributed by atoms with van der Waals surface area (Å²) in [5.41, 5.74) is 0. The van der Waals surface area contributed by atoms with Gasteiger partial charge in [-0.3, -0.25) is 6.08 Å². The summed E-state index contributed by atoms with van der Waals surface area (Å²) in [6, 6.07) is 0. The molecule has 0 saturated carbocycles. The van der Waals surface area contributed by atoms with Crippen molar-refractivity contribution in [1.82, 2.24) is 0 Å². The van der Waals surface area contributed by atoms with Gasteiger partial charge in [-0.25, -0.2) is 0 Å². The third-order valence-corrected chi connectivity index (χ3v) is 1.22. The second-order valence-corrected chi connectivity index (χ2v) is 2.09. The van der Waals surface area contributed by atoms with Gasteiger partial charge >= 0.3 is 17.1 Å². The first-order chi connectivity index (χ1) is 3.91. The minimum absolute atomic E-state index is 0. The molecule has 0 aliphatic rings. The predicted octanol–water partition coefficient (Wildman–Crippen LogP) is 2.94. The van der Waals surface area contributed by atoms with Gasteiger partial charge in [0.2, 0.25) is 0 Å². The maximum Gasteiger partial charge on any atom is 1.00 e. The van der Waals surface area contributed by atoms with Crippen LogP contribution in [0.1, 0.15) is 39.0 Å². The van der Waals surface area contributed by atoms with Gasteiger partial charge in [-0.15, -0.1) is 0 Å². The quantitative estimate of drug-likeness (QED) is 0.342. The van der Waals surface area contributed by atoms with Crippen LogP contribution in [0.15, 0.2) is 6.08 Å². The molecular formula is C8H15Cu. The topological polar surface area (TPSA) is 0 Å². The molecule has 0 spiro atoms. The smallest absolute Gasteiger partial charge is 0.518 e. The van der Waals surface area contributed by atoms with E-state index in [-0.39, 0.29) is 17.1 Å². The Morgan fingerprint density at radius 2 is 1.89 bits per heavy atom. The van der Waals surface area contributed by atoms with Gasteiger partial charge in [-0.2, -0.15) is 0 Å². The molecule has 0 saturated heterocycles. The molecule has 1 heteroatoms. The minimum atomic E-state index is 0. The Balaban J connectivity index is 0. The average molecular weight is 175 g/mol. The van der Waals surface area contributed by atoms with E-state index in [0.29, 0.717) is 0 Å². The molecule has 0 atom stereocenters. The first kappa shape index (κ1) is 12.0. The fourth-order valence-electron chi connectivity index (χ4n) is 0.689. The summed E-state index contributed by atoms with van der Waals surface area (Å²) in [7, 11) is 0. The van der Waals surface area contributed by atoms with Gasteiger partial charge in [0, 0.05) is 0 Å². The van der Waals surface area contributed by atoms with Gasteiger partial charge in [-0.05, 0) is 0 Å². The Morgan fingerprint density at radius 3 is 2.33 bits per heavy atom. The van der Waals surface area contributed by atoms with Crippen molar-refractivity contribution in [3.05, 3.63) is 12.7 Å². The summed E-state index contributed by atoms with van der Waals surface area (Å²) in [6.07, 6.45) is 8.10. The van der Waals surface area contributed by atoms with E-state index in [1.807, 2.05) is 0 Å². The molecule has 0 radical (unpaired) electrons.